The highest BCUT2D eigenvalue weighted by Gasteiger charge is 2.11. The monoisotopic (exact) mass is 222 g/mol. The second kappa shape index (κ2) is 5.75. The molecule has 0 radical (unpaired) electrons. The second-order valence-electron chi connectivity index (χ2n) is 4.29. The van der Waals surface area contributed by atoms with Crippen LogP contribution in [0.15, 0.2) is 24.3 Å². The van der Waals surface area contributed by atoms with Gasteiger partial charge in [0.05, 0.1) is 0 Å². The number of hydrogen-bond donors (Lipinski definition) is 1. The zero-order valence-electron chi connectivity index (χ0n) is 10.8. The van der Waals surface area contributed by atoms with E-state index in [0.29, 0.717) is 6.04 Å². The van der Waals surface area contributed by atoms with Gasteiger partial charge in [-0.05, 0) is 33.0 Å². The first-order chi connectivity index (χ1) is 7.54. The molecule has 1 aromatic rings. The van der Waals surface area contributed by atoms with E-state index in [0.717, 1.165) is 11.4 Å². The van der Waals surface area contributed by atoms with Crippen LogP contribution in [0, 0.1) is 0 Å². The largest absolute Gasteiger partial charge is 0.489 e. The van der Waals surface area contributed by atoms with E-state index in [4.69, 9.17) is 4.74 Å². The topological polar surface area (TPSA) is 24.5 Å². The number of ether oxygens (including phenoxy) is 1. The third kappa shape index (κ3) is 3.42. The number of benzene rings is 1. The number of rotatable bonds is 5. The number of hydrogen-bond acceptors (Lipinski definition) is 3. The summed E-state index contributed by atoms with van der Waals surface area (Å²) in [4.78, 5) is 2.07. The zero-order chi connectivity index (χ0) is 12.1. The van der Waals surface area contributed by atoms with Crippen molar-refractivity contribution in [2.24, 2.45) is 0 Å². The molecular formula is C13H22N2O. The summed E-state index contributed by atoms with van der Waals surface area (Å²) in [5.74, 6) is 0.917. The Labute approximate surface area is 98.4 Å². The highest BCUT2D eigenvalue weighted by molar-refractivity contribution is 5.49. The number of likely N-dealkylation sites (N-methyl/N-ethyl adjacent to an activating group) is 1. The zero-order valence-corrected chi connectivity index (χ0v) is 10.8. The van der Waals surface area contributed by atoms with Crippen LogP contribution in [0.25, 0.3) is 0 Å². The van der Waals surface area contributed by atoms with Crippen molar-refractivity contribution in [3.05, 3.63) is 24.3 Å². The Bertz CT molecular complexity index is 325. The molecule has 90 valence electrons. The van der Waals surface area contributed by atoms with E-state index in [1.807, 2.05) is 33.3 Å². The Morgan fingerprint density at radius 3 is 2.50 bits per heavy atom. The lowest BCUT2D eigenvalue weighted by Gasteiger charge is -2.22. The molecule has 0 aliphatic carbocycles. The molecule has 0 aliphatic rings. The molecule has 1 aromatic carbocycles. The van der Waals surface area contributed by atoms with E-state index in [1.54, 1.807) is 0 Å². The second-order valence-corrected chi connectivity index (χ2v) is 4.29. The standard InChI is InChI=1S/C13H22N2O/c1-10(14-3)11(2)16-13-8-6-7-12(9-13)15(4)5/h6-11,14H,1-5H3. The molecular weight excluding hydrogens is 200 g/mol. The molecule has 0 heterocycles. The van der Waals surface area contributed by atoms with E-state index in [-0.39, 0.29) is 6.10 Å². The van der Waals surface area contributed by atoms with Gasteiger partial charge >= 0.3 is 0 Å². The van der Waals surface area contributed by atoms with Crippen LogP contribution in [-0.2, 0) is 0 Å². The normalized spacial score (nSPS) is 14.3. The Balaban J connectivity index is 2.70. The lowest BCUT2D eigenvalue weighted by Crippen LogP contribution is -2.36. The minimum absolute atomic E-state index is 0.155. The molecule has 2 atom stereocenters. The molecule has 0 aromatic heterocycles. The molecule has 0 fully saturated rings. The van der Waals surface area contributed by atoms with Crippen LogP contribution in [0.4, 0.5) is 5.69 Å². The fraction of sp³-hybridized carbons (Fsp3) is 0.538. The van der Waals surface area contributed by atoms with Crippen LogP contribution >= 0.6 is 0 Å². The lowest BCUT2D eigenvalue weighted by molar-refractivity contribution is 0.182. The van der Waals surface area contributed by atoms with Gasteiger partial charge in [-0.15, -0.1) is 0 Å². The summed E-state index contributed by atoms with van der Waals surface area (Å²) in [7, 11) is 6.00. The molecule has 16 heavy (non-hydrogen) atoms. The predicted molar refractivity (Wildman–Crippen MR) is 69.4 cm³/mol. The van der Waals surface area contributed by atoms with Crippen LogP contribution in [0.3, 0.4) is 0 Å². The highest BCUT2D eigenvalue weighted by Crippen LogP contribution is 2.20. The van der Waals surface area contributed by atoms with Gasteiger partial charge < -0.3 is 15.0 Å². The Morgan fingerprint density at radius 2 is 1.94 bits per heavy atom. The summed E-state index contributed by atoms with van der Waals surface area (Å²) in [5.41, 5.74) is 1.15. The molecule has 0 saturated carbocycles. The van der Waals surface area contributed by atoms with Gasteiger partial charge in [-0.25, -0.2) is 0 Å². The molecule has 2 unspecified atom stereocenters. The van der Waals surface area contributed by atoms with E-state index >= 15 is 0 Å². The Hall–Kier alpha value is -1.22. The molecule has 0 amide bonds. The maximum atomic E-state index is 5.87. The predicted octanol–water partition coefficient (Wildman–Crippen LogP) is 2.13. The number of anilines is 1. The minimum atomic E-state index is 0.155. The van der Waals surface area contributed by atoms with E-state index in [2.05, 4.69) is 36.2 Å². The van der Waals surface area contributed by atoms with Crippen molar-refractivity contribution < 1.29 is 4.74 Å². The average molecular weight is 222 g/mol. The van der Waals surface area contributed by atoms with Crippen LogP contribution in [0.1, 0.15) is 13.8 Å². The van der Waals surface area contributed by atoms with Crippen molar-refractivity contribution in [2.75, 3.05) is 26.0 Å². The van der Waals surface area contributed by atoms with Gasteiger partial charge in [-0.1, -0.05) is 6.07 Å². The first-order valence-corrected chi connectivity index (χ1v) is 5.66. The molecule has 1 N–H and O–H groups in total. The maximum absolute atomic E-state index is 5.87. The third-order valence-electron chi connectivity index (χ3n) is 2.82. The van der Waals surface area contributed by atoms with Crippen molar-refractivity contribution in [1.82, 2.24) is 5.32 Å². The van der Waals surface area contributed by atoms with Gasteiger partial charge in [0, 0.05) is 31.9 Å². The summed E-state index contributed by atoms with van der Waals surface area (Å²) in [6, 6.07) is 8.47. The molecule has 1 rings (SSSR count). The van der Waals surface area contributed by atoms with Gasteiger partial charge in [0.25, 0.3) is 0 Å². The van der Waals surface area contributed by atoms with Gasteiger partial charge in [0.2, 0.25) is 0 Å². The van der Waals surface area contributed by atoms with Crippen LogP contribution in [-0.4, -0.2) is 33.3 Å². The third-order valence-corrected chi connectivity index (χ3v) is 2.82. The number of nitrogens with zero attached hydrogens (tertiary/aromatic N) is 1. The van der Waals surface area contributed by atoms with Gasteiger partial charge in [-0.2, -0.15) is 0 Å². The summed E-state index contributed by atoms with van der Waals surface area (Å²) < 4.78 is 5.87. The van der Waals surface area contributed by atoms with Crippen LogP contribution in [0.5, 0.6) is 5.75 Å². The first-order valence-electron chi connectivity index (χ1n) is 5.66. The van der Waals surface area contributed by atoms with Crippen molar-refractivity contribution in [1.29, 1.82) is 0 Å². The molecule has 0 bridgehead atoms. The van der Waals surface area contributed by atoms with Crippen molar-refractivity contribution in [3.63, 3.8) is 0 Å². The maximum Gasteiger partial charge on any atom is 0.121 e. The van der Waals surface area contributed by atoms with Crippen LogP contribution in [0.2, 0.25) is 0 Å². The van der Waals surface area contributed by atoms with E-state index in [1.165, 1.54) is 0 Å². The fourth-order valence-corrected chi connectivity index (χ4v) is 1.39. The molecule has 3 heteroatoms. The summed E-state index contributed by atoms with van der Waals surface area (Å²) in [6.45, 7) is 4.18. The number of nitrogens with one attached hydrogen (secondary N) is 1. The summed E-state index contributed by atoms with van der Waals surface area (Å²) in [5, 5.41) is 3.19. The molecule has 3 nitrogen and oxygen atoms in total. The molecule has 0 saturated heterocycles. The first kappa shape index (κ1) is 12.8. The summed E-state index contributed by atoms with van der Waals surface area (Å²) >= 11 is 0. The Morgan fingerprint density at radius 1 is 1.25 bits per heavy atom. The summed E-state index contributed by atoms with van der Waals surface area (Å²) in [6.07, 6.45) is 0.155. The average Bonchev–Trinajstić information content (AvgIpc) is 2.28. The van der Waals surface area contributed by atoms with Gasteiger partial charge in [0.15, 0.2) is 0 Å². The van der Waals surface area contributed by atoms with Crippen LogP contribution < -0.4 is 15.0 Å². The minimum Gasteiger partial charge on any atom is -0.489 e. The molecule has 0 aliphatic heterocycles. The SMILES string of the molecule is CNC(C)C(C)Oc1cccc(N(C)C)c1. The van der Waals surface area contributed by atoms with Gasteiger partial charge in [-0.3, -0.25) is 0 Å². The van der Waals surface area contributed by atoms with Crippen molar-refractivity contribution in [2.45, 2.75) is 26.0 Å². The quantitative estimate of drug-likeness (QED) is 0.826. The van der Waals surface area contributed by atoms with Gasteiger partial charge in [0.1, 0.15) is 11.9 Å². The van der Waals surface area contributed by atoms with Crippen molar-refractivity contribution in [3.8, 4) is 5.75 Å². The lowest BCUT2D eigenvalue weighted by atomic mass is 10.2. The highest BCUT2D eigenvalue weighted by atomic mass is 16.5. The van der Waals surface area contributed by atoms with E-state index < -0.39 is 0 Å². The Kier molecular flexibility index (Phi) is 4.62. The molecule has 0 spiro atoms. The smallest absolute Gasteiger partial charge is 0.121 e. The van der Waals surface area contributed by atoms with Crippen molar-refractivity contribution >= 4 is 5.69 Å². The fourth-order valence-electron chi connectivity index (χ4n) is 1.39. The van der Waals surface area contributed by atoms with E-state index in [9.17, 15) is 0 Å².